The van der Waals surface area contributed by atoms with E-state index < -0.39 is 0 Å². The first-order valence-electron chi connectivity index (χ1n) is 8.95. The molecule has 3 aromatic rings. The number of aryl methyl sites for hydroxylation is 1. The van der Waals surface area contributed by atoms with Crippen LogP contribution in [0.25, 0.3) is 11.1 Å². The number of benzene rings is 3. The summed E-state index contributed by atoms with van der Waals surface area (Å²) in [5.41, 5.74) is 13.2. The third kappa shape index (κ3) is 3.26. The molecule has 0 aromatic heterocycles. The van der Waals surface area contributed by atoms with Gasteiger partial charge >= 0.3 is 0 Å². The lowest BCUT2D eigenvalue weighted by Gasteiger charge is -2.12. The SMILES string of the molecule is Cc1ccc(-c2ccccc2C(=O)Nc2ccc3c(c2)CC(N)C3)cc1. The maximum atomic E-state index is 12.9. The molecule has 1 aliphatic rings. The second-order valence-electron chi connectivity index (χ2n) is 7.02. The molecule has 0 spiro atoms. The monoisotopic (exact) mass is 342 g/mol. The van der Waals surface area contributed by atoms with E-state index >= 15 is 0 Å². The van der Waals surface area contributed by atoms with Crippen LogP contribution in [0.1, 0.15) is 27.0 Å². The summed E-state index contributed by atoms with van der Waals surface area (Å²) in [6, 6.07) is 22.2. The summed E-state index contributed by atoms with van der Waals surface area (Å²) in [6.45, 7) is 2.06. The van der Waals surface area contributed by atoms with Crippen molar-refractivity contribution in [1.29, 1.82) is 0 Å². The normalized spacial score (nSPS) is 15.5. The molecule has 0 bridgehead atoms. The Morgan fingerprint density at radius 1 is 0.962 bits per heavy atom. The van der Waals surface area contributed by atoms with Gasteiger partial charge in [0.25, 0.3) is 5.91 Å². The Labute approximate surface area is 153 Å². The van der Waals surface area contributed by atoms with Crippen LogP contribution >= 0.6 is 0 Å². The molecule has 0 fully saturated rings. The third-order valence-electron chi connectivity index (χ3n) is 4.96. The number of amides is 1. The van der Waals surface area contributed by atoms with E-state index in [4.69, 9.17) is 5.73 Å². The first-order chi connectivity index (χ1) is 12.6. The Bertz CT molecular complexity index is 960. The summed E-state index contributed by atoms with van der Waals surface area (Å²) >= 11 is 0. The van der Waals surface area contributed by atoms with E-state index in [9.17, 15) is 4.79 Å². The molecule has 1 aliphatic carbocycles. The molecule has 1 amide bonds. The van der Waals surface area contributed by atoms with Crippen LogP contribution < -0.4 is 11.1 Å². The number of carbonyl (C=O) groups excluding carboxylic acids is 1. The zero-order valence-corrected chi connectivity index (χ0v) is 14.8. The lowest BCUT2D eigenvalue weighted by atomic mass is 9.98. The molecule has 0 aliphatic heterocycles. The summed E-state index contributed by atoms with van der Waals surface area (Å²) in [5, 5.41) is 3.04. The van der Waals surface area contributed by atoms with E-state index in [-0.39, 0.29) is 11.9 Å². The van der Waals surface area contributed by atoms with Gasteiger partial charge in [0.05, 0.1) is 0 Å². The Hall–Kier alpha value is -2.91. The van der Waals surface area contributed by atoms with E-state index in [2.05, 4.69) is 48.6 Å². The summed E-state index contributed by atoms with van der Waals surface area (Å²) < 4.78 is 0. The van der Waals surface area contributed by atoms with Crippen molar-refractivity contribution < 1.29 is 4.79 Å². The molecule has 26 heavy (non-hydrogen) atoms. The van der Waals surface area contributed by atoms with Gasteiger partial charge in [-0.2, -0.15) is 0 Å². The maximum Gasteiger partial charge on any atom is 0.256 e. The maximum absolute atomic E-state index is 12.9. The second kappa shape index (κ2) is 6.77. The van der Waals surface area contributed by atoms with Crippen LogP contribution in [0.2, 0.25) is 0 Å². The van der Waals surface area contributed by atoms with Crippen LogP contribution in [0.5, 0.6) is 0 Å². The highest BCUT2D eigenvalue weighted by Gasteiger charge is 2.19. The number of hydrogen-bond acceptors (Lipinski definition) is 2. The number of nitrogens with two attached hydrogens (primary N) is 1. The summed E-state index contributed by atoms with van der Waals surface area (Å²) in [4.78, 5) is 12.9. The third-order valence-corrected chi connectivity index (χ3v) is 4.96. The number of carbonyl (C=O) groups is 1. The number of rotatable bonds is 3. The van der Waals surface area contributed by atoms with E-state index in [1.165, 1.54) is 16.7 Å². The molecule has 3 N–H and O–H groups in total. The molecule has 4 rings (SSSR count). The largest absolute Gasteiger partial charge is 0.327 e. The average molecular weight is 342 g/mol. The van der Waals surface area contributed by atoms with Crippen LogP contribution in [0.15, 0.2) is 66.7 Å². The molecule has 130 valence electrons. The summed E-state index contributed by atoms with van der Waals surface area (Å²) in [7, 11) is 0. The number of nitrogens with one attached hydrogen (secondary N) is 1. The van der Waals surface area contributed by atoms with Crippen LogP contribution in [0, 0.1) is 6.92 Å². The number of hydrogen-bond donors (Lipinski definition) is 2. The minimum Gasteiger partial charge on any atom is -0.327 e. The van der Waals surface area contributed by atoms with E-state index in [1.807, 2.05) is 30.3 Å². The first-order valence-corrected chi connectivity index (χ1v) is 8.95. The summed E-state index contributed by atoms with van der Waals surface area (Å²) in [5.74, 6) is -0.0941. The predicted octanol–water partition coefficient (Wildman–Crippen LogP) is 4.34. The molecule has 0 heterocycles. The van der Waals surface area contributed by atoms with Crippen molar-refractivity contribution in [3.8, 4) is 11.1 Å². The molecule has 3 aromatic carbocycles. The molecule has 1 atom stereocenters. The van der Waals surface area contributed by atoms with Gasteiger partial charge in [0, 0.05) is 17.3 Å². The molecule has 0 saturated heterocycles. The molecule has 0 saturated carbocycles. The second-order valence-corrected chi connectivity index (χ2v) is 7.02. The Morgan fingerprint density at radius 2 is 1.69 bits per heavy atom. The van der Waals surface area contributed by atoms with Crippen LogP contribution in [0.4, 0.5) is 5.69 Å². The Morgan fingerprint density at radius 3 is 2.50 bits per heavy atom. The van der Waals surface area contributed by atoms with Crippen LogP contribution in [0.3, 0.4) is 0 Å². The van der Waals surface area contributed by atoms with Gasteiger partial charge in [-0.05, 0) is 60.2 Å². The van der Waals surface area contributed by atoms with E-state index in [1.54, 1.807) is 0 Å². The smallest absolute Gasteiger partial charge is 0.256 e. The topological polar surface area (TPSA) is 55.1 Å². The quantitative estimate of drug-likeness (QED) is 0.744. The molecular weight excluding hydrogens is 320 g/mol. The van der Waals surface area contributed by atoms with Gasteiger partial charge in [-0.1, -0.05) is 54.1 Å². The fraction of sp³-hybridized carbons (Fsp3) is 0.174. The van der Waals surface area contributed by atoms with E-state index in [0.717, 1.165) is 29.7 Å². The van der Waals surface area contributed by atoms with Crippen molar-refractivity contribution in [3.05, 3.63) is 89.0 Å². The van der Waals surface area contributed by atoms with Crippen molar-refractivity contribution in [2.75, 3.05) is 5.32 Å². The minimum atomic E-state index is -0.0941. The van der Waals surface area contributed by atoms with Crippen molar-refractivity contribution in [1.82, 2.24) is 0 Å². The number of anilines is 1. The number of fused-ring (bicyclic) bond motifs is 1. The highest BCUT2D eigenvalue weighted by Crippen LogP contribution is 2.27. The summed E-state index contributed by atoms with van der Waals surface area (Å²) in [6.07, 6.45) is 1.79. The molecule has 1 unspecified atom stereocenters. The van der Waals surface area contributed by atoms with Gasteiger partial charge < -0.3 is 11.1 Å². The fourth-order valence-electron chi connectivity index (χ4n) is 3.59. The molecule has 3 heteroatoms. The molecular formula is C23H22N2O. The fourth-order valence-corrected chi connectivity index (χ4v) is 3.59. The Balaban J connectivity index is 1.61. The van der Waals surface area contributed by atoms with Crippen LogP contribution in [-0.2, 0) is 12.8 Å². The Kier molecular flexibility index (Phi) is 4.31. The van der Waals surface area contributed by atoms with Crippen LogP contribution in [-0.4, -0.2) is 11.9 Å². The van der Waals surface area contributed by atoms with Crippen molar-refractivity contribution >= 4 is 11.6 Å². The zero-order valence-electron chi connectivity index (χ0n) is 14.8. The van der Waals surface area contributed by atoms with Crippen molar-refractivity contribution in [2.24, 2.45) is 5.73 Å². The van der Waals surface area contributed by atoms with Gasteiger partial charge in [-0.25, -0.2) is 0 Å². The van der Waals surface area contributed by atoms with Crippen molar-refractivity contribution in [2.45, 2.75) is 25.8 Å². The highest BCUT2D eigenvalue weighted by molar-refractivity contribution is 6.08. The average Bonchev–Trinajstić information content (AvgIpc) is 3.01. The lowest BCUT2D eigenvalue weighted by Crippen LogP contribution is -2.19. The lowest BCUT2D eigenvalue weighted by molar-refractivity contribution is 0.102. The van der Waals surface area contributed by atoms with Gasteiger partial charge in [0.1, 0.15) is 0 Å². The zero-order chi connectivity index (χ0) is 18.1. The molecule has 0 radical (unpaired) electrons. The predicted molar refractivity (Wildman–Crippen MR) is 106 cm³/mol. The molecule has 3 nitrogen and oxygen atoms in total. The highest BCUT2D eigenvalue weighted by atomic mass is 16.1. The standard InChI is InChI=1S/C23H22N2O/c1-15-6-8-16(9-7-15)21-4-2-3-5-22(21)23(26)25-20-11-10-17-12-19(24)13-18(17)14-20/h2-11,14,19H,12-13,24H2,1H3,(H,25,26). The van der Waals surface area contributed by atoms with Gasteiger partial charge in [0.2, 0.25) is 0 Å². The first kappa shape index (κ1) is 16.6. The van der Waals surface area contributed by atoms with Gasteiger partial charge in [-0.3, -0.25) is 4.79 Å². The van der Waals surface area contributed by atoms with E-state index in [0.29, 0.717) is 5.56 Å². The van der Waals surface area contributed by atoms with Gasteiger partial charge in [-0.15, -0.1) is 0 Å². The van der Waals surface area contributed by atoms with Crippen molar-refractivity contribution in [3.63, 3.8) is 0 Å². The van der Waals surface area contributed by atoms with Gasteiger partial charge in [0.15, 0.2) is 0 Å². The minimum absolute atomic E-state index is 0.0941.